The zero-order chi connectivity index (χ0) is 15.6. The number of carbonyl (C=O) groups is 2. The number of carbonyl (C=O) groups excluding carboxylic acids is 2. The van der Waals surface area contributed by atoms with E-state index in [1.165, 1.54) is 12.1 Å². The molecule has 1 aromatic rings. The predicted octanol–water partition coefficient (Wildman–Crippen LogP) is 1.81. The number of hydrogen-bond acceptors (Lipinski definition) is 4. The Morgan fingerprint density at radius 3 is 2.05 bits per heavy atom. The van der Waals surface area contributed by atoms with Crippen LogP contribution in [-0.2, 0) is 19.6 Å². The van der Waals surface area contributed by atoms with Crippen LogP contribution < -0.4 is 4.72 Å². The maximum absolute atomic E-state index is 11.9. The molecule has 110 valence electrons. The van der Waals surface area contributed by atoms with Gasteiger partial charge in [0.2, 0.25) is 5.91 Å². The second kappa shape index (κ2) is 5.75. The fourth-order valence-corrected chi connectivity index (χ4v) is 2.36. The van der Waals surface area contributed by atoms with Gasteiger partial charge in [-0.25, -0.2) is 13.1 Å². The van der Waals surface area contributed by atoms with Crippen LogP contribution in [0.15, 0.2) is 29.2 Å². The van der Waals surface area contributed by atoms with E-state index in [-0.39, 0.29) is 10.7 Å². The largest absolute Gasteiger partial charge is 0.299 e. The third kappa shape index (κ3) is 4.45. The van der Waals surface area contributed by atoms with Crippen LogP contribution in [0.25, 0.3) is 0 Å². The van der Waals surface area contributed by atoms with E-state index < -0.39 is 27.8 Å². The van der Waals surface area contributed by atoms with Crippen LogP contribution >= 0.6 is 0 Å². The molecule has 0 atom stereocenters. The summed E-state index contributed by atoms with van der Waals surface area (Å²) in [6, 6.07) is 6.10. The van der Waals surface area contributed by atoms with Crippen LogP contribution in [0.5, 0.6) is 0 Å². The van der Waals surface area contributed by atoms with Gasteiger partial charge in [0.25, 0.3) is 10.0 Å². The monoisotopic (exact) mass is 297 g/mol. The van der Waals surface area contributed by atoms with E-state index in [0.29, 0.717) is 0 Å². The van der Waals surface area contributed by atoms with Crippen molar-refractivity contribution in [2.45, 2.75) is 39.0 Å². The van der Waals surface area contributed by atoms with Crippen molar-refractivity contribution in [1.29, 1.82) is 0 Å². The molecular weight excluding hydrogens is 278 g/mol. The number of amides is 1. The molecule has 0 bridgehead atoms. The zero-order valence-corrected chi connectivity index (χ0v) is 12.9. The van der Waals surface area contributed by atoms with Crippen LogP contribution in [0.1, 0.15) is 32.8 Å². The summed E-state index contributed by atoms with van der Waals surface area (Å²) in [5.41, 5.74) is 0.239. The highest BCUT2D eigenvalue weighted by molar-refractivity contribution is 7.90. The molecular formula is C14H19NO4S. The molecule has 1 N–H and O–H groups in total. The molecule has 0 fully saturated rings. The maximum atomic E-state index is 11.9. The van der Waals surface area contributed by atoms with Gasteiger partial charge in [0.05, 0.1) is 11.3 Å². The SMILES string of the molecule is Cc1ccc(S(=O)(=O)NC(=O)CC(=O)C(C)(C)C)cc1. The maximum Gasteiger partial charge on any atom is 0.264 e. The Kier molecular flexibility index (Phi) is 4.70. The lowest BCUT2D eigenvalue weighted by Gasteiger charge is -2.16. The van der Waals surface area contributed by atoms with Gasteiger partial charge < -0.3 is 0 Å². The molecule has 5 nitrogen and oxygen atoms in total. The van der Waals surface area contributed by atoms with Gasteiger partial charge in [0, 0.05) is 5.41 Å². The number of sulfonamides is 1. The Labute approximate surface area is 119 Å². The van der Waals surface area contributed by atoms with Gasteiger partial charge in [-0.2, -0.15) is 0 Å². The molecule has 0 unspecified atom stereocenters. The fraction of sp³-hybridized carbons (Fsp3) is 0.429. The summed E-state index contributed by atoms with van der Waals surface area (Å²) in [4.78, 5) is 23.3. The highest BCUT2D eigenvalue weighted by atomic mass is 32.2. The lowest BCUT2D eigenvalue weighted by molar-refractivity contribution is -0.131. The zero-order valence-electron chi connectivity index (χ0n) is 12.1. The Hall–Kier alpha value is -1.69. The van der Waals surface area contributed by atoms with Gasteiger partial charge in [-0.15, -0.1) is 0 Å². The molecule has 0 aliphatic rings. The smallest absolute Gasteiger partial charge is 0.264 e. The minimum atomic E-state index is -3.92. The van der Waals surface area contributed by atoms with Gasteiger partial charge in [-0.05, 0) is 19.1 Å². The van der Waals surface area contributed by atoms with Crippen LogP contribution in [-0.4, -0.2) is 20.1 Å². The number of hydrogen-bond donors (Lipinski definition) is 1. The second-order valence-corrected chi connectivity index (χ2v) is 7.37. The van der Waals surface area contributed by atoms with Crippen molar-refractivity contribution < 1.29 is 18.0 Å². The van der Waals surface area contributed by atoms with Crippen molar-refractivity contribution in [2.24, 2.45) is 5.41 Å². The number of rotatable bonds is 4. The first-order chi connectivity index (χ1) is 9.02. The summed E-state index contributed by atoms with van der Waals surface area (Å²) in [7, 11) is -3.92. The standard InChI is InChI=1S/C14H19NO4S/c1-10-5-7-11(8-6-10)20(18,19)15-13(17)9-12(16)14(2,3)4/h5-8H,9H2,1-4H3,(H,15,17). The van der Waals surface area contributed by atoms with E-state index in [1.54, 1.807) is 32.9 Å². The van der Waals surface area contributed by atoms with E-state index in [9.17, 15) is 18.0 Å². The first-order valence-corrected chi connectivity index (χ1v) is 7.66. The number of aryl methyl sites for hydroxylation is 1. The molecule has 0 aliphatic carbocycles. The summed E-state index contributed by atoms with van der Waals surface area (Å²) in [5, 5.41) is 0. The van der Waals surface area contributed by atoms with E-state index in [1.807, 2.05) is 11.6 Å². The summed E-state index contributed by atoms with van der Waals surface area (Å²) in [5.74, 6) is -1.13. The lowest BCUT2D eigenvalue weighted by atomic mass is 9.89. The highest BCUT2D eigenvalue weighted by Crippen LogP contribution is 2.17. The molecule has 0 saturated heterocycles. The summed E-state index contributed by atoms with van der Waals surface area (Å²) < 4.78 is 25.8. The van der Waals surface area contributed by atoms with E-state index in [4.69, 9.17) is 0 Å². The topological polar surface area (TPSA) is 80.3 Å². The van der Waals surface area contributed by atoms with Crippen molar-refractivity contribution in [3.8, 4) is 0 Å². The molecule has 0 aliphatic heterocycles. The van der Waals surface area contributed by atoms with Gasteiger partial charge in [0.1, 0.15) is 5.78 Å². The van der Waals surface area contributed by atoms with Gasteiger partial charge in [-0.1, -0.05) is 38.5 Å². The normalized spacial score (nSPS) is 12.0. The van der Waals surface area contributed by atoms with Crippen LogP contribution in [0, 0.1) is 12.3 Å². The molecule has 6 heteroatoms. The summed E-state index contributed by atoms with van der Waals surface area (Å²) >= 11 is 0. The van der Waals surface area contributed by atoms with Crippen molar-refractivity contribution >= 4 is 21.7 Å². The van der Waals surface area contributed by atoms with Gasteiger partial charge in [0.15, 0.2) is 0 Å². The first-order valence-electron chi connectivity index (χ1n) is 6.18. The molecule has 0 spiro atoms. The minimum Gasteiger partial charge on any atom is -0.299 e. The quantitative estimate of drug-likeness (QED) is 0.859. The Balaban J connectivity index is 2.79. The highest BCUT2D eigenvalue weighted by Gasteiger charge is 2.26. The molecule has 0 aromatic heterocycles. The predicted molar refractivity (Wildman–Crippen MR) is 75.6 cm³/mol. The molecule has 20 heavy (non-hydrogen) atoms. The minimum absolute atomic E-state index is 0.000317. The second-order valence-electron chi connectivity index (χ2n) is 5.69. The molecule has 1 rings (SSSR count). The third-order valence-corrected chi connectivity index (χ3v) is 4.13. The third-order valence-electron chi connectivity index (χ3n) is 2.74. The number of Topliss-reactive ketones (excluding diaryl/α,β-unsaturated/α-hetero) is 1. The van der Waals surface area contributed by atoms with Crippen LogP contribution in [0.2, 0.25) is 0 Å². The lowest BCUT2D eigenvalue weighted by Crippen LogP contribution is -2.34. The van der Waals surface area contributed by atoms with Crippen molar-refractivity contribution in [3.05, 3.63) is 29.8 Å². The molecule has 1 amide bonds. The average Bonchev–Trinajstić information content (AvgIpc) is 2.27. The van der Waals surface area contributed by atoms with E-state index >= 15 is 0 Å². The molecule has 0 radical (unpaired) electrons. The Bertz CT molecular complexity index is 610. The van der Waals surface area contributed by atoms with E-state index in [2.05, 4.69) is 0 Å². The van der Waals surface area contributed by atoms with Gasteiger partial charge in [-0.3, -0.25) is 9.59 Å². The summed E-state index contributed by atoms with van der Waals surface area (Å²) in [6.07, 6.45) is -0.450. The molecule has 0 saturated carbocycles. The fourth-order valence-electron chi connectivity index (χ4n) is 1.37. The van der Waals surface area contributed by atoms with Crippen molar-refractivity contribution in [3.63, 3.8) is 0 Å². The molecule has 1 aromatic carbocycles. The van der Waals surface area contributed by atoms with Gasteiger partial charge >= 0.3 is 0 Å². The number of nitrogens with one attached hydrogen (secondary N) is 1. The Morgan fingerprint density at radius 2 is 1.60 bits per heavy atom. The number of ketones is 1. The Morgan fingerprint density at radius 1 is 1.10 bits per heavy atom. The van der Waals surface area contributed by atoms with Crippen molar-refractivity contribution in [2.75, 3.05) is 0 Å². The van der Waals surface area contributed by atoms with E-state index in [0.717, 1.165) is 5.56 Å². The summed E-state index contributed by atoms with van der Waals surface area (Å²) in [6.45, 7) is 6.86. The number of benzene rings is 1. The van der Waals surface area contributed by atoms with Crippen LogP contribution in [0.3, 0.4) is 0 Å². The average molecular weight is 297 g/mol. The van der Waals surface area contributed by atoms with Crippen molar-refractivity contribution in [1.82, 2.24) is 4.72 Å². The first kappa shape index (κ1) is 16.4. The van der Waals surface area contributed by atoms with Crippen LogP contribution in [0.4, 0.5) is 0 Å². The molecule has 0 heterocycles.